The minimum Gasteiger partial charge on any atom is -0.350 e. The van der Waals surface area contributed by atoms with Gasteiger partial charge >= 0.3 is 6.18 Å². The molecule has 0 fully saturated rings. The van der Waals surface area contributed by atoms with E-state index in [4.69, 9.17) is 0 Å². The van der Waals surface area contributed by atoms with Crippen LogP contribution in [0.25, 0.3) is 5.57 Å². The lowest BCUT2D eigenvalue weighted by atomic mass is 10.0. The SMILES string of the molecule is O=C1C(Nc2cccc(C(F)(F)F)c2)=C(c2ccc([N+](=O)[O-])cc2)C(=O)N1Cc1ccncc1. The minimum absolute atomic E-state index is 0.0452. The van der Waals surface area contributed by atoms with Gasteiger partial charge in [0.2, 0.25) is 0 Å². The van der Waals surface area contributed by atoms with Crippen LogP contribution in [0.1, 0.15) is 16.7 Å². The van der Waals surface area contributed by atoms with E-state index in [9.17, 15) is 32.9 Å². The van der Waals surface area contributed by atoms with E-state index in [0.717, 1.165) is 17.0 Å². The number of alkyl halides is 3. The fourth-order valence-electron chi connectivity index (χ4n) is 3.44. The number of halogens is 3. The zero-order valence-corrected chi connectivity index (χ0v) is 17.2. The summed E-state index contributed by atoms with van der Waals surface area (Å²) in [6.07, 6.45) is -1.62. The molecule has 0 unspecified atom stereocenters. The number of anilines is 1. The van der Waals surface area contributed by atoms with Gasteiger partial charge in [-0.3, -0.25) is 29.6 Å². The van der Waals surface area contributed by atoms with Crippen LogP contribution in [-0.4, -0.2) is 26.6 Å². The van der Waals surface area contributed by atoms with Crippen molar-refractivity contribution in [3.05, 3.63) is 106 Å². The van der Waals surface area contributed by atoms with Gasteiger partial charge in [-0.2, -0.15) is 13.2 Å². The van der Waals surface area contributed by atoms with Crippen LogP contribution >= 0.6 is 0 Å². The minimum atomic E-state index is -4.60. The monoisotopic (exact) mass is 468 g/mol. The molecule has 0 radical (unpaired) electrons. The van der Waals surface area contributed by atoms with Gasteiger partial charge in [0.15, 0.2) is 0 Å². The Morgan fingerprint density at radius 3 is 2.26 bits per heavy atom. The number of pyridine rings is 1. The maximum Gasteiger partial charge on any atom is 0.416 e. The van der Waals surface area contributed by atoms with Crippen LogP contribution in [0, 0.1) is 10.1 Å². The fourth-order valence-corrected chi connectivity index (χ4v) is 3.44. The van der Waals surface area contributed by atoms with Gasteiger partial charge in [-0.1, -0.05) is 6.07 Å². The summed E-state index contributed by atoms with van der Waals surface area (Å²) in [4.78, 5) is 41.6. The second kappa shape index (κ2) is 8.77. The third-order valence-corrected chi connectivity index (χ3v) is 5.08. The Balaban J connectivity index is 1.76. The summed E-state index contributed by atoms with van der Waals surface area (Å²) in [5.41, 5.74) is -0.715. The zero-order valence-electron chi connectivity index (χ0n) is 17.2. The number of nitrogens with zero attached hydrogens (tertiary/aromatic N) is 3. The first kappa shape index (κ1) is 22.6. The van der Waals surface area contributed by atoms with Crippen LogP contribution in [0.15, 0.2) is 78.8 Å². The molecule has 0 spiro atoms. The number of hydrogen-bond donors (Lipinski definition) is 1. The summed E-state index contributed by atoms with van der Waals surface area (Å²) in [5, 5.41) is 13.6. The molecule has 4 rings (SSSR count). The molecule has 3 aromatic rings. The van der Waals surface area contributed by atoms with Crippen LogP contribution in [-0.2, 0) is 22.3 Å². The number of amides is 2. The summed E-state index contributed by atoms with van der Waals surface area (Å²) < 4.78 is 39.4. The molecule has 0 atom stereocenters. The maximum atomic E-state index is 13.2. The second-order valence-electron chi connectivity index (χ2n) is 7.31. The molecule has 172 valence electrons. The van der Waals surface area contributed by atoms with E-state index < -0.39 is 28.5 Å². The van der Waals surface area contributed by atoms with Crippen molar-refractivity contribution in [1.29, 1.82) is 0 Å². The Bertz CT molecular complexity index is 1310. The molecule has 2 amide bonds. The molecule has 2 aromatic carbocycles. The van der Waals surface area contributed by atoms with Gasteiger partial charge in [-0.05, 0) is 53.6 Å². The van der Waals surface area contributed by atoms with E-state index in [2.05, 4.69) is 10.3 Å². The number of aromatic nitrogens is 1. The summed E-state index contributed by atoms with van der Waals surface area (Å²) in [5.74, 6) is -1.43. The van der Waals surface area contributed by atoms with Crippen molar-refractivity contribution in [2.75, 3.05) is 5.32 Å². The number of benzene rings is 2. The lowest BCUT2D eigenvalue weighted by Crippen LogP contribution is -2.32. The lowest BCUT2D eigenvalue weighted by Gasteiger charge is -2.15. The van der Waals surface area contributed by atoms with Crippen molar-refractivity contribution < 1.29 is 27.7 Å². The van der Waals surface area contributed by atoms with E-state index >= 15 is 0 Å². The van der Waals surface area contributed by atoms with Crippen molar-refractivity contribution in [1.82, 2.24) is 9.88 Å². The van der Waals surface area contributed by atoms with Gasteiger partial charge in [-0.15, -0.1) is 0 Å². The smallest absolute Gasteiger partial charge is 0.350 e. The summed E-state index contributed by atoms with van der Waals surface area (Å²) in [6.45, 7) is -0.0928. The van der Waals surface area contributed by atoms with Gasteiger partial charge in [0.05, 0.1) is 22.6 Å². The van der Waals surface area contributed by atoms with Gasteiger partial charge in [0, 0.05) is 30.2 Å². The van der Waals surface area contributed by atoms with Crippen LogP contribution in [0.5, 0.6) is 0 Å². The number of nitro groups is 1. The standard InChI is InChI=1S/C23H15F3N4O4/c24-23(25,26)16-2-1-3-17(12-16)28-20-19(15-4-6-18(7-5-15)30(33)34)21(31)29(22(20)32)13-14-8-10-27-11-9-14/h1-12,28H,13H2. The Hall–Kier alpha value is -4.54. The second-order valence-corrected chi connectivity index (χ2v) is 7.31. The summed E-state index contributed by atoms with van der Waals surface area (Å²) in [6, 6.07) is 12.4. The third kappa shape index (κ3) is 4.49. The van der Waals surface area contributed by atoms with E-state index in [1.54, 1.807) is 12.1 Å². The Kier molecular flexibility index (Phi) is 5.84. The van der Waals surface area contributed by atoms with Crippen LogP contribution < -0.4 is 5.32 Å². The van der Waals surface area contributed by atoms with Crippen molar-refractivity contribution in [2.45, 2.75) is 12.7 Å². The van der Waals surface area contributed by atoms with Crippen molar-refractivity contribution in [3.63, 3.8) is 0 Å². The van der Waals surface area contributed by atoms with E-state index in [1.807, 2.05) is 0 Å². The highest BCUT2D eigenvalue weighted by molar-refractivity contribution is 6.36. The molecule has 8 nitrogen and oxygen atoms in total. The number of non-ortho nitro benzene ring substituents is 1. The number of carbonyl (C=O) groups excluding carboxylic acids is 2. The van der Waals surface area contributed by atoms with Crippen molar-refractivity contribution >= 4 is 28.8 Å². The van der Waals surface area contributed by atoms with Gasteiger partial charge in [0.25, 0.3) is 17.5 Å². The highest BCUT2D eigenvalue weighted by Crippen LogP contribution is 2.34. The quantitative estimate of drug-likeness (QED) is 0.327. The maximum absolute atomic E-state index is 13.2. The van der Waals surface area contributed by atoms with E-state index in [-0.39, 0.29) is 34.8 Å². The number of carbonyl (C=O) groups is 2. The third-order valence-electron chi connectivity index (χ3n) is 5.08. The number of rotatable bonds is 6. The molecule has 34 heavy (non-hydrogen) atoms. The molecule has 0 saturated carbocycles. The molecule has 1 aliphatic rings. The highest BCUT2D eigenvalue weighted by atomic mass is 19.4. The Morgan fingerprint density at radius 2 is 1.65 bits per heavy atom. The van der Waals surface area contributed by atoms with Crippen molar-refractivity contribution in [2.24, 2.45) is 0 Å². The number of nitrogens with one attached hydrogen (secondary N) is 1. The van der Waals surface area contributed by atoms with Gasteiger partial charge < -0.3 is 5.32 Å². The summed E-state index contributed by atoms with van der Waals surface area (Å²) >= 11 is 0. The first-order valence-corrected chi connectivity index (χ1v) is 9.83. The molecule has 1 aliphatic heterocycles. The molecular weight excluding hydrogens is 453 g/mol. The average molecular weight is 468 g/mol. The van der Waals surface area contributed by atoms with Crippen molar-refractivity contribution in [3.8, 4) is 0 Å². The van der Waals surface area contributed by atoms with Crippen LogP contribution in [0.4, 0.5) is 24.5 Å². The molecule has 1 N–H and O–H groups in total. The molecule has 0 bridgehead atoms. The van der Waals surface area contributed by atoms with E-state index in [1.165, 1.54) is 48.8 Å². The Morgan fingerprint density at radius 1 is 0.971 bits per heavy atom. The molecule has 1 aromatic heterocycles. The van der Waals surface area contributed by atoms with Gasteiger partial charge in [-0.25, -0.2) is 0 Å². The van der Waals surface area contributed by atoms with Gasteiger partial charge in [0.1, 0.15) is 5.70 Å². The fraction of sp³-hybridized carbons (Fsp3) is 0.0870. The topological polar surface area (TPSA) is 105 Å². The number of nitro benzene ring substituents is 1. The average Bonchev–Trinajstić information content (AvgIpc) is 3.03. The molecule has 2 heterocycles. The van der Waals surface area contributed by atoms with Crippen LogP contribution in [0.2, 0.25) is 0 Å². The Labute approximate surface area is 190 Å². The number of hydrogen-bond acceptors (Lipinski definition) is 6. The highest BCUT2D eigenvalue weighted by Gasteiger charge is 2.39. The normalized spacial score (nSPS) is 14.0. The van der Waals surface area contributed by atoms with Crippen LogP contribution in [0.3, 0.4) is 0 Å². The molecule has 0 aliphatic carbocycles. The summed E-state index contributed by atoms with van der Waals surface area (Å²) in [7, 11) is 0. The number of imide groups is 1. The van der Waals surface area contributed by atoms with E-state index in [0.29, 0.717) is 5.56 Å². The first-order valence-electron chi connectivity index (χ1n) is 9.83. The molecular formula is C23H15F3N4O4. The molecule has 0 saturated heterocycles. The predicted molar refractivity (Wildman–Crippen MR) is 115 cm³/mol. The molecule has 11 heteroatoms. The largest absolute Gasteiger partial charge is 0.416 e. The predicted octanol–water partition coefficient (Wildman–Crippen LogP) is 4.40. The zero-order chi connectivity index (χ0) is 24.5. The lowest BCUT2D eigenvalue weighted by molar-refractivity contribution is -0.384. The first-order chi connectivity index (χ1) is 16.1.